The second-order valence-electron chi connectivity index (χ2n) is 5.06. The van der Waals surface area contributed by atoms with E-state index in [1.54, 1.807) is 32.3 Å². The van der Waals surface area contributed by atoms with Crippen molar-refractivity contribution in [3.8, 4) is 0 Å². The lowest BCUT2D eigenvalue weighted by Gasteiger charge is -2.25. The standard InChI is InChI=1S/C14H20N4O2/c1-17(2)14(20)11-4-3-10(15)9-12(11)18-7-5-13(19)16-6-8-18/h3-4,9H,5-8,15H2,1-2H3,(H,16,19). The molecule has 6 nitrogen and oxygen atoms in total. The number of carbonyl (C=O) groups is 2. The predicted molar refractivity (Wildman–Crippen MR) is 78.7 cm³/mol. The van der Waals surface area contributed by atoms with Gasteiger partial charge in [-0.3, -0.25) is 9.59 Å². The van der Waals surface area contributed by atoms with E-state index in [0.29, 0.717) is 37.3 Å². The van der Waals surface area contributed by atoms with E-state index in [1.807, 2.05) is 4.90 Å². The molecule has 20 heavy (non-hydrogen) atoms. The van der Waals surface area contributed by atoms with Crippen molar-refractivity contribution in [3.05, 3.63) is 23.8 Å². The van der Waals surface area contributed by atoms with Gasteiger partial charge < -0.3 is 20.9 Å². The molecule has 1 aromatic rings. The fraction of sp³-hybridized carbons (Fsp3) is 0.429. The second-order valence-corrected chi connectivity index (χ2v) is 5.06. The Balaban J connectivity index is 2.36. The van der Waals surface area contributed by atoms with Gasteiger partial charge in [0.1, 0.15) is 0 Å². The van der Waals surface area contributed by atoms with Crippen LogP contribution >= 0.6 is 0 Å². The molecular formula is C14H20N4O2. The summed E-state index contributed by atoms with van der Waals surface area (Å²) >= 11 is 0. The van der Waals surface area contributed by atoms with Gasteiger partial charge in [-0.1, -0.05) is 0 Å². The zero-order chi connectivity index (χ0) is 14.7. The number of benzene rings is 1. The van der Waals surface area contributed by atoms with Crippen LogP contribution in [0.4, 0.5) is 11.4 Å². The molecule has 0 bridgehead atoms. The van der Waals surface area contributed by atoms with E-state index in [2.05, 4.69) is 5.32 Å². The van der Waals surface area contributed by atoms with Crippen LogP contribution in [0.15, 0.2) is 18.2 Å². The van der Waals surface area contributed by atoms with Crippen LogP contribution in [0.3, 0.4) is 0 Å². The molecule has 0 aromatic heterocycles. The van der Waals surface area contributed by atoms with Crippen LogP contribution in [0.2, 0.25) is 0 Å². The van der Waals surface area contributed by atoms with Gasteiger partial charge in [-0.05, 0) is 18.2 Å². The average molecular weight is 276 g/mol. The SMILES string of the molecule is CN(C)C(=O)c1ccc(N)cc1N1CCNC(=O)CC1. The van der Waals surface area contributed by atoms with E-state index in [-0.39, 0.29) is 11.8 Å². The number of anilines is 2. The van der Waals surface area contributed by atoms with Gasteiger partial charge >= 0.3 is 0 Å². The van der Waals surface area contributed by atoms with Crippen molar-refractivity contribution in [2.45, 2.75) is 6.42 Å². The molecular weight excluding hydrogens is 256 g/mol. The molecule has 0 aliphatic carbocycles. The number of nitrogens with two attached hydrogens (primary N) is 1. The van der Waals surface area contributed by atoms with Crippen molar-refractivity contribution in [2.24, 2.45) is 0 Å². The van der Waals surface area contributed by atoms with E-state index in [0.717, 1.165) is 5.69 Å². The van der Waals surface area contributed by atoms with Gasteiger partial charge in [-0.25, -0.2) is 0 Å². The molecule has 0 atom stereocenters. The zero-order valence-electron chi connectivity index (χ0n) is 11.8. The number of rotatable bonds is 2. The number of nitrogens with one attached hydrogen (secondary N) is 1. The Bertz CT molecular complexity index is 528. The molecule has 3 N–H and O–H groups in total. The normalized spacial score (nSPS) is 15.5. The van der Waals surface area contributed by atoms with Crippen LogP contribution in [-0.4, -0.2) is 50.4 Å². The lowest BCUT2D eigenvalue weighted by atomic mass is 10.1. The Morgan fingerprint density at radius 3 is 2.80 bits per heavy atom. The zero-order valence-corrected chi connectivity index (χ0v) is 11.8. The summed E-state index contributed by atoms with van der Waals surface area (Å²) in [6.07, 6.45) is 0.421. The summed E-state index contributed by atoms with van der Waals surface area (Å²) in [6, 6.07) is 5.27. The summed E-state index contributed by atoms with van der Waals surface area (Å²) < 4.78 is 0. The molecule has 1 saturated heterocycles. The number of nitrogens with zero attached hydrogens (tertiary/aromatic N) is 2. The average Bonchev–Trinajstić information content (AvgIpc) is 2.62. The largest absolute Gasteiger partial charge is 0.399 e. The smallest absolute Gasteiger partial charge is 0.255 e. The molecule has 0 saturated carbocycles. The summed E-state index contributed by atoms with van der Waals surface area (Å²) in [4.78, 5) is 27.2. The molecule has 1 fully saturated rings. The molecule has 1 aliphatic heterocycles. The molecule has 2 amide bonds. The fourth-order valence-electron chi connectivity index (χ4n) is 2.24. The van der Waals surface area contributed by atoms with Crippen LogP contribution in [0.25, 0.3) is 0 Å². The van der Waals surface area contributed by atoms with E-state index < -0.39 is 0 Å². The van der Waals surface area contributed by atoms with Crippen LogP contribution in [0.5, 0.6) is 0 Å². The van der Waals surface area contributed by atoms with Gasteiger partial charge in [0, 0.05) is 45.8 Å². The van der Waals surface area contributed by atoms with Gasteiger partial charge in [0.2, 0.25) is 5.91 Å². The molecule has 0 radical (unpaired) electrons. The number of carbonyl (C=O) groups excluding carboxylic acids is 2. The first-order valence-corrected chi connectivity index (χ1v) is 6.62. The monoisotopic (exact) mass is 276 g/mol. The fourth-order valence-corrected chi connectivity index (χ4v) is 2.24. The number of nitrogen functional groups attached to an aromatic ring is 1. The summed E-state index contributed by atoms with van der Waals surface area (Å²) in [5.74, 6) is -0.0274. The quantitative estimate of drug-likeness (QED) is 0.761. The highest BCUT2D eigenvalue weighted by atomic mass is 16.2. The van der Waals surface area contributed by atoms with Gasteiger partial charge in [0.05, 0.1) is 11.3 Å². The molecule has 1 heterocycles. The highest BCUT2D eigenvalue weighted by Gasteiger charge is 2.20. The predicted octanol–water partition coefficient (Wildman–Crippen LogP) is 0.297. The maximum atomic E-state index is 12.2. The van der Waals surface area contributed by atoms with Crippen LogP contribution < -0.4 is 16.0 Å². The third kappa shape index (κ3) is 3.01. The third-order valence-corrected chi connectivity index (χ3v) is 3.31. The summed E-state index contributed by atoms with van der Waals surface area (Å²) in [5, 5.41) is 2.82. The lowest BCUT2D eigenvalue weighted by Crippen LogP contribution is -2.31. The summed E-state index contributed by atoms with van der Waals surface area (Å²) in [7, 11) is 3.44. The van der Waals surface area contributed by atoms with Gasteiger partial charge in [0.15, 0.2) is 0 Å². The minimum absolute atomic E-state index is 0.0388. The van der Waals surface area contributed by atoms with E-state index >= 15 is 0 Å². The van der Waals surface area contributed by atoms with E-state index in [4.69, 9.17) is 5.73 Å². The first-order chi connectivity index (χ1) is 9.49. The Labute approximate surface area is 118 Å². The Morgan fingerprint density at radius 1 is 1.35 bits per heavy atom. The maximum Gasteiger partial charge on any atom is 0.255 e. The van der Waals surface area contributed by atoms with Crippen molar-refractivity contribution >= 4 is 23.2 Å². The first kappa shape index (κ1) is 14.2. The Kier molecular flexibility index (Phi) is 4.12. The van der Waals surface area contributed by atoms with E-state index in [9.17, 15) is 9.59 Å². The van der Waals surface area contributed by atoms with Crippen LogP contribution in [0.1, 0.15) is 16.8 Å². The Hall–Kier alpha value is -2.24. The molecule has 0 spiro atoms. The number of hydrogen-bond donors (Lipinski definition) is 2. The van der Waals surface area contributed by atoms with Crippen LogP contribution in [-0.2, 0) is 4.79 Å². The second kappa shape index (κ2) is 5.81. The van der Waals surface area contributed by atoms with Gasteiger partial charge in [-0.2, -0.15) is 0 Å². The van der Waals surface area contributed by atoms with Gasteiger partial charge in [0.25, 0.3) is 5.91 Å². The van der Waals surface area contributed by atoms with Crippen molar-refractivity contribution < 1.29 is 9.59 Å². The van der Waals surface area contributed by atoms with Crippen molar-refractivity contribution in [3.63, 3.8) is 0 Å². The topological polar surface area (TPSA) is 78.7 Å². The first-order valence-electron chi connectivity index (χ1n) is 6.62. The molecule has 1 aliphatic rings. The minimum atomic E-state index is -0.0662. The number of amides is 2. The molecule has 0 unspecified atom stereocenters. The van der Waals surface area contributed by atoms with E-state index in [1.165, 1.54) is 4.90 Å². The molecule has 108 valence electrons. The maximum absolute atomic E-state index is 12.2. The number of hydrogen-bond acceptors (Lipinski definition) is 4. The molecule has 2 rings (SSSR count). The minimum Gasteiger partial charge on any atom is -0.399 e. The van der Waals surface area contributed by atoms with Crippen molar-refractivity contribution in [2.75, 3.05) is 44.4 Å². The van der Waals surface area contributed by atoms with Crippen molar-refractivity contribution in [1.82, 2.24) is 10.2 Å². The lowest BCUT2D eigenvalue weighted by molar-refractivity contribution is -0.120. The van der Waals surface area contributed by atoms with Crippen molar-refractivity contribution in [1.29, 1.82) is 0 Å². The molecule has 1 aromatic carbocycles. The summed E-state index contributed by atoms with van der Waals surface area (Å²) in [6.45, 7) is 1.83. The third-order valence-electron chi connectivity index (χ3n) is 3.31. The Morgan fingerprint density at radius 2 is 2.10 bits per heavy atom. The molecule has 6 heteroatoms. The highest BCUT2D eigenvalue weighted by molar-refractivity contribution is 6.00. The van der Waals surface area contributed by atoms with Gasteiger partial charge in [-0.15, -0.1) is 0 Å². The van der Waals surface area contributed by atoms with Crippen LogP contribution in [0, 0.1) is 0 Å². The summed E-state index contributed by atoms with van der Waals surface area (Å²) in [5.41, 5.74) is 7.85. The highest BCUT2D eigenvalue weighted by Crippen LogP contribution is 2.25.